The summed E-state index contributed by atoms with van der Waals surface area (Å²) >= 11 is 0. The van der Waals surface area contributed by atoms with E-state index in [0.717, 1.165) is 5.56 Å². The molecule has 2 saturated carbocycles. The fourth-order valence-electron chi connectivity index (χ4n) is 3.60. The first kappa shape index (κ1) is 14.9. The predicted molar refractivity (Wildman–Crippen MR) is 80.5 cm³/mol. The van der Waals surface area contributed by atoms with Crippen LogP contribution in [0.4, 0.5) is 0 Å². The first-order valence-corrected chi connectivity index (χ1v) is 7.81. The molecule has 0 heterocycles. The van der Waals surface area contributed by atoms with E-state index in [2.05, 4.69) is 5.32 Å². The molecule has 0 spiro atoms. The number of nitrogens with one attached hydrogen (secondary N) is 1. The molecule has 2 aliphatic rings. The molecular formula is C17H21NO4. The molecule has 22 heavy (non-hydrogen) atoms. The number of benzene rings is 1. The van der Waals surface area contributed by atoms with Crippen molar-refractivity contribution in [3.05, 3.63) is 29.8 Å². The number of fused-ring (bicyclic) bond motifs is 1. The van der Waals surface area contributed by atoms with Gasteiger partial charge in [0.2, 0.25) is 5.91 Å². The average Bonchev–Trinajstić information content (AvgIpc) is 2.99. The zero-order valence-electron chi connectivity index (χ0n) is 12.6. The largest absolute Gasteiger partial charge is 0.482 e. The summed E-state index contributed by atoms with van der Waals surface area (Å²) in [6, 6.07) is 7.12. The van der Waals surface area contributed by atoms with Gasteiger partial charge >= 0.3 is 5.97 Å². The van der Waals surface area contributed by atoms with Gasteiger partial charge in [0.25, 0.3) is 0 Å². The molecule has 0 bridgehead atoms. The van der Waals surface area contributed by atoms with Crippen LogP contribution in [0.2, 0.25) is 0 Å². The van der Waals surface area contributed by atoms with Gasteiger partial charge in [-0.3, -0.25) is 4.79 Å². The predicted octanol–water partition coefficient (Wildman–Crippen LogP) is 2.37. The minimum absolute atomic E-state index is 0.0534. The van der Waals surface area contributed by atoms with E-state index < -0.39 is 5.97 Å². The summed E-state index contributed by atoms with van der Waals surface area (Å²) in [5, 5.41) is 11.7. The van der Waals surface area contributed by atoms with Gasteiger partial charge in [0.1, 0.15) is 5.75 Å². The Morgan fingerprint density at radius 3 is 2.50 bits per heavy atom. The molecule has 0 radical (unpaired) electrons. The van der Waals surface area contributed by atoms with E-state index in [-0.39, 0.29) is 24.5 Å². The minimum Gasteiger partial charge on any atom is -0.482 e. The Hall–Kier alpha value is -2.04. The van der Waals surface area contributed by atoms with Gasteiger partial charge in [-0.05, 0) is 49.3 Å². The van der Waals surface area contributed by atoms with Crippen molar-refractivity contribution in [2.45, 2.75) is 32.2 Å². The topological polar surface area (TPSA) is 75.6 Å². The van der Waals surface area contributed by atoms with Crippen LogP contribution in [-0.4, -0.2) is 23.6 Å². The number of carboxylic acid groups (broad SMARTS) is 1. The summed E-state index contributed by atoms with van der Waals surface area (Å²) in [6.45, 7) is 1.61. The lowest BCUT2D eigenvalue weighted by Gasteiger charge is -2.15. The SMILES string of the molecule is CC(NC(=O)C1C2CCCC21)c1ccc(OCC(=O)O)cc1. The van der Waals surface area contributed by atoms with E-state index in [0.29, 0.717) is 17.6 Å². The van der Waals surface area contributed by atoms with E-state index in [1.807, 2.05) is 19.1 Å². The highest BCUT2D eigenvalue weighted by Gasteiger charge is 2.56. The highest BCUT2D eigenvalue weighted by molar-refractivity contribution is 5.82. The Balaban J connectivity index is 1.52. The quantitative estimate of drug-likeness (QED) is 0.846. The first-order valence-electron chi connectivity index (χ1n) is 7.81. The summed E-state index contributed by atoms with van der Waals surface area (Å²) in [6.07, 6.45) is 3.67. The fourth-order valence-corrected chi connectivity index (χ4v) is 3.60. The average molecular weight is 303 g/mol. The molecule has 5 nitrogen and oxygen atoms in total. The van der Waals surface area contributed by atoms with Crippen LogP contribution < -0.4 is 10.1 Å². The smallest absolute Gasteiger partial charge is 0.341 e. The van der Waals surface area contributed by atoms with Crippen LogP contribution in [0.3, 0.4) is 0 Å². The number of ether oxygens (including phenoxy) is 1. The zero-order chi connectivity index (χ0) is 15.7. The Morgan fingerprint density at radius 1 is 1.27 bits per heavy atom. The molecule has 2 aliphatic carbocycles. The van der Waals surface area contributed by atoms with Crippen molar-refractivity contribution in [2.24, 2.45) is 17.8 Å². The zero-order valence-corrected chi connectivity index (χ0v) is 12.6. The molecule has 0 saturated heterocycles. The fraction of sp³-hybridized carbons (Fsp3) is 0.529. The molecular weight excluding hydrogens is 282 g/mol. The molecule has 0 aromatic heterocycles. The Bertz CT molecular complexity index is 559. The van der Waals surface area contributed by atoms with Crippen molar-refractivity contribution >= 4 is 11.9 Å². The van der Waals surface area contributed by atoms with Crippen LogP contribution in [0.1, 0.15) is 37.8 Å². The van der Waals surface area contributed by atoms with Gasteiger partial charge < -0.3 is 15.2 Å². The highest BCUT2D eigenvalue weighted by Crippen LogP contribution is 2.57. The second-order valence-corrected chi connectivity index (χ2v) is 6.27. The molecule has 1 amide bonds. The van der Waals surface area contributed by atoms with Gasteiger partial charge in [0.05, 0.1) is 6.04 Å². The van der Waals surface area contributed by atoms with E-state index in [9.17, 15) is 9.59 Å². The first-order chi connectivity index (χ1) is 10.6. The Morgan fingerprint density at radius 2 is 1.91 bits per heavy atom. The number of hydrogen-bond acceptors (Lipinski definition) is 3. The van der Waals surface area contributed by atoms with Crippen LogP contribution in [0.15, 0.2) is 24.3 Å². The van der Waals surface area contributed by atoms with E-state index >= 15 is 0 Å². The van der Waals surface area contributed by atoms with Gasteiger partial charge in [-0.2, -0.15) is 0 Å². The van der Waals surface area contributed by atoms with Crippen molar-refractivity contribution in [3.63, 3.8) is 0 Å². The number of aliphatic carboxylic acids is 1. The van der Waals surface area contributed by atoms with Crippen molar-refractivity contribution in [3.8, 4) is 5.75 Å². The minimum atomic E-state index is -1.00. The monoisotopic (exact) mass is 303 g/mol. The third-order valence-electron chi connectivity index (χ3n) is 4.81. The normalized spacial score (nSPS) is 26.9. The molecule has 3 atom stereocenters. The molecule has 5 heteroatoms. The van der Waals surface area contributed by atoms with Gasteiger partial charge in [-0.15, -0.1) is 0 Å². The van der Waals surface area contributed by atoms with Crippen LogP contribution in [0.25, 0.3) is 0 Å². The Labute approximate surface area is 129 Å². The van der Waals surface area contributed by atoms with Crippen molar-refractivity contribution in [2.75, 3.05) is 6.61 Å². The summed E-state index contributed by atoms with van der Waals surface area (Å²) in [4.78, 5) is 22.7. The number of rotatable bonds is 6. The number of amides is 1. The molecule has 118 valence electrons. The molecule has 1 aromatic rings. The number of carbonyl (C=O) groups is 2. The Kier molecular flexibility index (Phi) is 4.05. The summed E-state index contributed by atoms with van der Waals surface area (Å²) in [7, 11) is 0. The van der Waals surface area contributed by atoms with Gasteiger partial charge in [-0.1, -0.05) is 18.6 Å². The summed E-state index contributed by atoms with van der Waals surface area (Å²) in [5.41, 5.74) is 0.988. The summed E-state index contributed by atoms with van der Waals surface area (Å²) in [5.74, 6) is 1.17. The second kappa shape index (κ2) is 5.99. The lowest BCUT2D eigenvalue weighted by atomic mass is 10.1. The number of carbonyl (C=O) groups excluding carboxylic acids is 1. The maximum Gasteiger partial charge on any atom is 0.341 e. The van der Waals surface area contributed by atoms with E-state index in [1.54, 1.807) is 12.1 Å². The number of hydrogen-bond donors (Lipinski definition) is 2. The maximum absolute atomic E-state index is 12.2. The van der Waals surface area contributed by atoms with Crippen molar-refractivity contribution < 1.29 is 19.4 Å². The summed E-state index contributed by atoms with van der Waals surface area (Å²) < 4.78 is 5.09. The third-order valence-corrected chi connectivity index (χ3v) is 4.81. The van der Waals surface area contributed by atoms with Crippen molar-refractivity contribution in [1.82, 2.24) is 5.32 Å². The van der Waals surface area contributed by atoms with Crippen LogP contribution in [-0.2, 0) is 9.59 Å². The van der Waals surface area contributed by atoms with E-state index in [4.69, 9.17) is 9.84 Å². The highest BCUT2D eigenvalue weighted by atomic mass is 16.5. The third kappa shape index (κ3) is 3.08. The molecule has 3 unspecified atom stereocenters. The standard InChI is InChI=1S/C17H21NO4/c1-10(18-17(21)16-13-3-2-4-14(13)16)11-5-7-12(8-6-11)22-9-15(19)20/h5-8,10,13-14,16H,2-4,9H2,1H3,(H,18,21)(H,19,20). The van der Waals surface area contributed by atoms with Crippen LogP contribution >= 0.6 is 0 Å². The number of carboxylic acids is 1. The molecule has 1 aromatic carbocycles. The molecule has 3 rings (SSSR count). The van der Waals surface area contributed by atoms with Gasteiger partial charge in [0, 0.05) is 5.92 Å². The van der Waals surface area contributed by atoms with Gasteiger partial charge in [0.15, 0.2) is 6.61 Å². The van der Waals surface area contributed by atoms with E-state index in [1.165, 1.54) is 19.3 Å². The lowest BCUT2D eigenvalue weighted by Crippen LogP contribution is -2.29. The molecule has 2 fully saturated rings. The van der Waals surface area contributed by atoms with Crippen LogP contribution in [0, 0.1) is 17.8 Å². The van der Waals surface area contributed by atoms with Gasteiger partial charge in [-0.25, -0.2) is 4.79 Å². The van der Waals surface area contributed by atoms with Crippen molar-refractivity contribution in [1.29, 1.82) is 0 Å². The van der Waals surface area contributed by atoms with Crippen LogP contribution in [0.5, 0.6) is 5.75 Å². The molecule has 0 aliphatic heterocycles. The second-order valence-electron chi connectivity index (χ2n) is 6.27. The lowest BCUT2D eigenvalue weighted by molar-refractivity contribution is -0.139. The molecule has 2 N–H and O–H groups in total. The maximum atomic E-state index is 12.2.